The van der Waals surface area contributed by atoms with Gasteiger partial charge in [0, 0.05) is 11.7 Å². The molecule has 0 radical (unpaired) electrons. The third-order valence-corrected chi connectivity index (χ3v) is 3.22. The molecule has 1 saturated carbocycles. The van der Waals surface area contributed by atoms with Crippen LogP contribution in [0.25, 0.3) is 0 Å². The molecule has 1 aliphatic rings. The van der Waals surface area contributed by atoms with Crippen LogP contribution in [0.4, 0.5) is 0 Å². The number of aromatic nitrogens is 2. The van der Waals surface area contributed by atoms with Crippen molar-refractivity contribution in [2.45, 2.75) is 45.6 Å². The maximum absolute atomic E-state index is 11.9. The smallest absolute Gasteiger partial charge is 0.254 e. The van der Waals surface area contributed by atoms with Gasteiger partial charge in [0.25, 0.3) is 5.91 Å². The van der Waals surface area contributed by atoms with Crippen molar-refractivity contribution < 1.29 is 4.79 Å². The Kier molecular flexibility index (Phi) is 3.27. The Morgan fingerprint density at radius 3 is 2.94 bits per heavy atom. The first-order valence-electron chi connectivity index (χ1n) is 6.01. The van der Waals surface area contributed by atoms with Gasteiger partial charge in [0.2, 0.25) is 0 Å². The molecule has 1 unspecified atom stereocenters. The zero-order valence-electron chi connectivity index (χ0n) is 9.92. The van der Waals surface area contributed by atoms with Crippen molar-refractivity contribution in [3.05, 3.63) is 17.5 Å². The second-order valence-corrected chi connectivity index (χ2v) is 4.67. The summed E-state index contributed by atoms with van der Waals surface area (Å²) in [6.07, 6.45) is 6.38. The average Bonchev–Trinajstić information content (AvgIpc) is 2.97. The number of carbonyl (C=O) groups is 1. The van der Waals surface area contributed by atoms with E-state index in [4.69, 9.17) is 0 Å². The van der Waals surface area contributed by atoms with Gasteiger partial charge < -0.3 is 5.32 Å². The molecular formula is C12H19N3O. The molecule has 1 fully saturated rings. The molecule has 1 aliphatic carbocycles. The third kappa shape index (κ3) is 2.62. The lowest BCUT2D eigenvalue weighted by Gasteiger charge is -2.16. The van der Waals surface area contributed by atoms with Gasteiger partial charge >= 0.3 is 0 Å². The highest BCUT2D eigenvalue weighted by atomic mass is 16.1. The molecular weight excluding hydrogens is 202 g/mol. The van der Waals surface area contributed by atoms with Crippen molar-refractivity contribution in [3.8, 4) is 0 Å². The Bertz CT molecular complexity index is 368. The monoisotopic (exact) mass is 221 g/mol. The van der Waals surface area contributed by atoms with Crippen LogP contribution in [0.5, 0.6) is 0 Å². The van der Waals surface area contributed by atoms with E-state index in [0.717, 1.165) is 24.5 Å². The minimum absolute atomic E-state index is 0.00116. The van der Waals surface area contributed by atoms with Gasteiger partial charge in [0.15, 0.2) is 0 Å². The fourth-order valence-electron chi connectivity index (χ4n) is 1.93. The maximum atomic E-state index is 11.9. The summed E-state index contributed by atoms with van der Waals surface area (Å²) >= 11 is 0. The predicted molar refractivity (Wildman–Crippen MR) is 62.2 cm³/mol. The molecule has 88 valence electrons. The van der Waals surface area contributed by atoms with Crippen LogP contribution < -0.4 is 5.32 Å². The number of nitrogens with zero attached hydrogens (tertiary/aromatic N) is 1. The lowest BCUT2D eigenvalue weighted by atomic mass is 10.1. The summed E-state index contributed by atoms with van der Waals surface area (Å²) in [4.78, 5) is 11.9. The number of rotatable bonds is 5. The molecule has 0 bridgehead atoms. The number of amides is 1. The minimum atomic E-state index is -0.00116. The van der Waals surface area contributed by atoms with Crippen LogP contribution in [0.1, 0.15) is 48.7 Å². The minimum Gasteiger partial charge on any atom is -0.349 e. The van der Waals surface area contributed by atoms with Gasteiger partial charge in [-0.3, -0.25) is 9.89 Å². The van der Waals surface area contributed by atoms with E-state index in [1.54, 1.807) is 6.20 Å². The second-order valence-electron chi connectivity index (χ2n) is 4.67. The van der Waals surface area contributed by atoms with Crippen LogP contribution in [-0.4, -0.2) is 22.1 Å². The molecule has 4 heteroatoms. The fraction of sp³-hybridized carbons (Fsp3) is 0.667. The molecule has 16 heavy (non-hydrogen) atoms. The Labute approximate surface area is 95.8 Å². The number of carbonyl (C=O) groups excluding carboxylic acids is 1. The standard InChI is InChI=1S/C12H19N3O/c1-3-10(6-9-4-5-9)14-12(16)11-7-13-15-8(11)2/h7,9-10H,3-6H2,1-2H3,(H,13,15)(H,14,16). The van der Waals surface area contributed by atoms with E-state index in [1.807, 2.05) is 6.92 Å². The molecule has 1 heterocycles. The molecule has 2 rings (SSSR count). The van der Waals surface area contributed by atoms with E-state index in [2.05, 4.69) is 22.4 Å². The van der Waals surface area contributed by atoms with Crippen molar-refractivity contribution in [2.75, 3.05) is 0 Å². The van der Waals surface area contributed by atoms with Gasteiger partial charge in [-0.1, -0.05) is 19.8 Å². The van der Waals surface area contributed by atoms with Crippen molar-refractivity contribution in [1.29, 1.82) is 0 Å². The molecule has 1 atom stereocenters. The Hall–Kier alpha value is -1.32. The summed E-state index contributed by atoms with van der Waals surface area (Å²) in [5, 5.41) is 9.73. The largest absolute Gasteiger partial charge is 0.349 e. The molecule has 0 aliphatic heterocycles. The number of aromatic amines is 1. The first-order valence-corrected chi connectivity index (χ1v) is 6.01. The quantitative estimate of drug-likeness (QED) is 0.799. The van der Waals surface area contributed by atoms with Crippen LogP contribution in [-0.2, 0) is 0 Å². The summed E-state index contributed by atoms with van der Waals surface area (Å²) in [5.41, 5.74) is 1.49. The van der Waals surface area contributed by atoms with E-state index in [9.17, 15) is 4.79 Å². The van der Waals surface area contributed by atoms with Crippen LogP contribution >= 0.6 is 0 Å². The molecule has 1 aromatic rings. The van der Waals surface area contributed by atoms with Crippen molar-refractivity contribution >= 4 is 5.91 Å². The van der Waals surface area contributed by atoms with Gasteiger partial charge in [0.1, 0.15) is 0 Å². The Balaban J connectivity index is 1.91. The van der Waals surface area contributed by atoms with Crippen LogP contribution in [0.2, 0.25) is 0 Å². The summed E-state index contributed by atoms with van der Waals surface area (Å²) < 4.78 is 0. The summed E-state index contributed by atoms with van der Waals surface area (Å²) in [6.45, 7) is 3.99. The summed E-state index contributed by atoms with van der Waals surface area (Å²) in [7, 11) is 0. The number of aryl methyl sites for hydroxylation is 1. The highest BCUT2D eigenvalue weighted by Crippen LogP contribution is 2.34. The number of H-pyrrole nitrogens is 1. The van der Waals surface area contributed by atoms with E-state index < -0.39 is 0 Å². The molecule has 1 amide bonds. The summed E-state index contributed by atoms with van der Waals surface area (Å²) in [6, 6.07) is 0.314. The first kappa shape index (κ1) is 11.2. The molecule has 0 saturated heterocycles. The van der Waals surface area contributed by atoms with Gasteiger partial charge in [-0.05, 0) is 25.7 Å². The van der Waals surface area contributed by atoms with Gasteiger partial charge in [-0.15, -0.1) is 0 Å². The summed E-state index contributed by atoms with van der Waals surface area (Å²) in [5.74, 6) is 0.842. The SMILES string of the molecule is CCC(CC1CC1)NC(=O)c1cn[nH]c1C. The Morgan fingerprint density at radius 2 is 2.44 bits per heavy atom. The second kappa shape index (κ2) is 4.68. The highest BCUT2D eigenvalue weighted by Gasteiger charge is 2.26. The van der Waals surface area contributed by atoms with E-state index in [-0.39, 0.29) is 5.91 Å². The molecule has 0 aromatic carbocycles. The lowest BCUT2D eigenvalue weighted by Crippen LogP contribution is -2.34. The lowest BCUT2D eigenvalue weighted by molar-refractivity contribution is 0.0932. The molecule has 4 nitrogen and oxygen atoms in total. The fourth-order valence-corrected chi connectivity index (χ4v) is 1.93. The molecule has 1 aromatic heterocycles. The van der Waals surface area contributed by atoms with Crippen LogP contribution in [0.3, 0.4) is 0 Å². The van der Waals surface area contributed by atoms with Crippen molar-refractivity contribution in [2.24, 2.45) is 5.92 Å². The number of nitrogens with one attached hydrogen (secondary N) is 2. The zero-order chi connectivity index (χ0) is 11.5. The van der Waals surface area contributed by atoms with Crippen molar-refractivity contribution in [1.82, 2.24) is 15.5 Å². The first-order chi connectivity index (χ1) is 7.70. The van der Waals surface area contributed by atoms with Gasteiger partial charge in [-0.2, -0.15) is 5.10 Å². The number of hydrogen-bond donors (Lipinski definition) is 2. The Morgan fingerprint density at radius 1 is 1.69 bits per heavy atom. The van der Waals surface area contributed by atoms with Crippen LogP contribution in [0.15, 0.2) is 6.20 Å². The average molecular weight is 221 g/mol. The van der Waals surface area contributed by atoms with Crippen molar-refractivity contribution in [3.63, 3.8) is 0 Å². The normalized spacial score (nSPS) is 17.1. The third-order valence-electron chi connectivity index (χ3n) is 3.22. The van der Waals surface area contributed by atoms with E-state index in [1.165, 1.54) is 12.8 Å². The van der Waals surface area contributed by atoms with Gasteiger partial charge in [-0.25, -0.2) is 0 Å². The molecule has 0 spiro atoms. The number of hydrogen-bond acceptors (Lipinski definition) is 2. The van der Waals surface area contributed by atoms with Gasteiger partial charge in [0.05, 0.1) is 11.8 Å². The molecule has 2 N–H and O–H groups in total. The van der Waals surface area contributed by atoms with Crippen LogP contribution in [0, 0.1) is 12.8 Å². The highest BCUT2D eigenvalue weighted by molar-refractivity contribution is 5.95. The van der Waals surface area contributed by atoms with E-state index in [0.29, 0.717) is 11.6 Å². The predicted octanol–water partition coefficient (Wildman–Crippen LogP) is 2.03. The topological polar surface area (TPSA) is 57.8 Å². The maximum Gasteiger partial charge on any atom is 0.254 e. The van der Waals surface area contributed by atoms with E-state index >= 15 is 0 Å². The zero-order valence-corrected chi connectivity index (χ0v) is 9.92.